The Morgan fingerprint density at radius 3 is 2.21 bits per heavy atom. The van der Waals surface area contributed by atoms with Gasteiger partial charge in [0.1, 0.15) is 11.4 Å². The van der Waals surface area contributed by atoms with Gasteiger partial charge in [0.2, 0.25) is 10.0 Å². The summed E-state index contributed by atoms with van der Waals surface area (Å²) in [5, 5.41) is 3.21. The van der Waals surface area contributed by atoms with Gasteiger partial charge < -0.3 is 4.74 Å². The zero-order valence-electron chi connectivity index (χ0n) is 24.5. The predicted octanol–water partition coefficient (Wildman–Crippen LogP) is 5.88. The van der Waals surface area contributed by atoms with Gasteiger partial charge in [0.15, 0.2) is 0 Å². The predicted molar refractivity (Wildman–Crippen MR) is 164 cm³/mol. The number of hydrogen-bond donors (Lipinski definition) is 1. The number of hydrogen-bond acceptors (Lipinski definition) is 5. The molecule has 1 aliphatic heterocycles. The van der Waals surface area contributed by atoms with Crippen molar-refractivity contribution >= 4 is 21.9 Å². The number of aromatic nitrogens is 2. The summed E-state index contributed by atoms with van der Waals surface area (Å²) < 4.78 is 34.9. The number of benzene rings is 2. The normalized spacial score (nSPS) is 27.6. The summed E-state index contributed by atoms with van der Waals surface area (Å²) in [5.41, 5.74) is 4.00. The van der Waals surface area contributed by atoms with Gasteiger partial charge in [-0.25, -0.2) is 13.1 Å². The molecule has 1 N–H and O–H groups in total. The monoisotopic (exact) mass is 588 g/mol. The van der Waals surface area contributed by atoms with Crippen LogP contribution in [0.5, 0.6) is 5.75 Å². The maximum Gasteiger partial charge on any atom is 0.280 e. The van der Waals surface area contributed by atoms with Crippen LogP contribution in [0.25, 0.3) is 5.69 Å². The van der Waals surface area contributed by atoms with Crippen LogP contribution in [0.3, 0.4) is 0 Å². The Balaban J connectivity index is 1.12. The number of methoxy groups -OCH3 is 1. The zero-order chi connectivity index (χ0) is 29.1. The Kier molecular flexibility index (Phi) is 6.93. The summed E-state index contributed by atoms with van der Waals surface area (Å²) >= 11 is 0. The fourth-order valence-electron chi connectivity index (χ4n) is 8.64. The highest BCUT2D eigenvalue weighted by Crippen LogP contribution is 2.60. The summed E-state index contributed by atoms with van der Waals surface area (Å²) in [6.07, 6.45) is 12.5. The number of aliphatic imine (C=N–C) groups is 1. The van der Waals surface area contributed by atoms with E-state index in [1.807, 2.05) is 6.92 Å². The fraction of sp³-hybridized carbons (Fsp3) is 0.515. The molecule has 5 aliphatic rings. The highest BCUT2D eigenvalue weighted by molar-refractivity contribution is 7.89. The minimum Gasteiger partial charge on any atom is -0.494 e. The van der Waals surface area contributed by atoms with Gasteiger partial charge in [-0.3, -0.25) is 14.9 Å². The molecule has 1 aromatic heterocycles. The fourth-order valence-corrected chi connectivity index (χ4v) is 10.2. The molecule has 4 bridgehead atoms. The van der Waals surface area contributed by atoms with Crippen LogP contribution in [-0.2, 0) is 15.4 Å². The van der Waals surface area contributed by atoms with Gasteiger partial charge in [-0.1, -0.05) is 18.6 Å². The van der Waals surface area contributed by atoms with E-state index in [1.54, 1.807) is 16.8 Å². The molecule has 4 saturated carbocycles. The maximum absolute atomic E-state index is 13.5. The third kappa shape index (κ3) is 4.74. The Labute approximate surface area is 247 Å². The smallest absolute Gasteiger partial charge is 0.280 e. The van der Waals surface area contributed by atoms with E-state index in [0.717, 1.165) is 42.7 Å². The molecular weight excluding hydrogens is 548 g/mol. The summed E-state index contributed by atoms with van der Waals surface area (Å²) in [4.78, 5) is 18.2. The molecule has 8 nitrogen and oxygen atoms in total. The van der Waals surface area contributed by atoms with Crippen molar-refractivity contribution in [2.24, 2.45) is 22.7 Å². The molecular formula is C33H40N4O4S. The van der Waals surface area contributed by atoms with Crippen LogP contribution < -0.4 is 10.3 Å². The molecule has 0 amide bonds. The van der Waals surface area contributed by atoms with E-state index in [1.165, 1.54) is 67.8 Å². The maximum atomic E-state index is 13.5. The Morgan fingerprint density at radius 2 is 1.60 bits per heavy atom. The van der Waals surface area contributed by atoms with Gasteiger partial charge in [-0.2, -0.15) is 4.31 Å². The van der Waals surface area contributed by atoms with Crippen molar-refractivity contribution in [3.8, 4) is 11.4 Å². The lowest BCUT2D eigenvalue weighted by atomic mass is 9.48. The first kappa shape index (κ1) is 27.7. The highest BCUT2D eigenvalue weighted by atomic mass is 32.2. The molecule has 8 rings (SSSR count). The standard InChI is InChI=1S/C33H40N4O4S/c1-22-29(21-34-30-11-10-28(17-31(30)41-2)42(39,40)36-12-4-3-5-13-36)32(38)37(35-22)27-8-6-26(7-9-27)33-18-23-14-24(19-33)16-25(15-23)20-33/h6-11,17,21,23-25,35H,3-5,12-16,18-20H2,1-2H3. The van der Waals surface area contributed by atoms with Gasteiger partial charge in [0.25, 0.3) is 5.56 Å². The van der Waals surface area contributed by atoms with Gasteiger partial charge in [0, 0.05) is 31.1 Å². The first-order chi connectivity index (χ1) is 20.3. The van der Waals surface area contributed by atoms with Gasteiger partial charge >= 0.3 is 0 Å². The number of aryl methyl sites for hydroxylation is 1. The third-order valence-electron chi connectivity index (χ3n) is 10.3. The molecule has 0 unspecified atom stereocenters. The lowest BCUT2D eigenvalue weighted by molar-refractivity contribution is -0.00518. The lowest BCUT2D eigenvalue weighted by Crippen LogP contribution is -2.48. The van der Waals surface area contributed by atoms with Crippen LogP contribution in [0.2, 0.25) is 0 Å². The molecule has 2 heterocycles. The van der Waals surface area contributed by atoms with E-state index in [-0.39, 0.29) is 10.5 Å². The van der Waals surface area contributed by atoms with Crippen LogP contribution in [0.4, 0.5) is 5.69 Å². The second-order valence-corrected chi connectivity index (χ2v) is 15.0. The number of piperidine rings is 1. The van der Waals surface area contributed by atoms with Crippen LogP contribution >= 0.6 is 0 Å². The van der Waals surface area contributed by atoms with Crippen LogP contribution in [-0.4, -0.2) is 48.9 Å². The van der Waals surface area contributed by atoms with E-state index in [2.05, 4.69) is 34.4 Å². The van der Waals surface area contributed by atoms with Crippen molar-refractivity contribution in [3.05, 3.63) is 69.6 Å². The molecule has 5 fully saturated rings. The van der Waals surface area contributed by atoms with Crippen LogP contribution in [0.1, 0.15) is 74.6 Å². The van der Waals surface area contributed by atoms with Crippen molar-refractivity contribution in [2.45, 2.75) is 75.0 Å². The van der Waals surface area contributed by atoms with Crippen LogP contribution in [0.15, 0.2) is 57.1 Å². The molecule has 4 aliphatic carbocycles. The summed E-state index contributed by atoms with van der Waals surface area (Å²) in [7, 11) is -2.10. The minimum atomic E-state index is -3.59. The number of nitrogens with one attached hydrogen (secondary N) is 1. The van der Waals surface area contributed by atoms with Crippen molar-refractivity contribution in [3.63, 3.8) is 0 Å². The first-order valence-electron chi connectivity index (χ1n) is 15.4. The van der Waals surface area contributed by atoms with Crippen molar-refractivity contribution < 1.29 is 13.2 Å². The summed E-state index contributed by atoms with van der Waals surface area (Å²) in [6, 6.07) is 13.3. The van der Waals surface area contributed by atoms with Crippen LogP contribution in [0, 0.1) is 24.7 Å². The molecule has 42 heavy (non-hydrogen) atoms. The number of aromatic amines is 1. The van der Waals surface area contributed by atoms with Gasteiger partial charge in [-0.15, -0.1) is 0 Å². The van der Waals surface area contributed by atoms with Crippen molar-refractivity contribution in [2.75, 3.05) is 20.2 Å². The van der Waals surface area contributed by atoms with E-state index in [0.29, 0.717) is 41.2 Å². The number of nitrogens with zero attached hydrogens (tertiary/aromatic N) is 3. The first-order valence-corrected chi connectivity index (χ1v) is 16.8. The Bertz CT molecular complexity index is 1640. The Morgan fingerprint density at radius 1 is 0.952 bits per heavy atom. The molecule has 2 aromatic carbocycles. The van der Waals surface area contributed by atoms with E-state index in [9.17, 15) is 13.2 Å². The number of sulfonamides is 1. The SMILES string of the molecule is COc1cc(S(=O)(=O)N2CCCCC2)ccc1N=Cc1c(C)[nH]n(-c2ccc(C34CC5CC(CC(C5)C3)C4)cc2)c1=O. The number of rotatable bonds is 7. The van der Waals surface area contributed by atoms with Crippen molar-refractivity contribution in [1.29, 1.82) is 0 Å². The van der Waals surface area contributed by atoms with E-state index >= 15 is 0 Å². The highest BCUT2D eigenvalue weighted by Gasteiger charge is 2.51. The quantitative estimate of drug-likeness (QED) is 0.349. The van der Waals surface area contributed by atoms with E-state index < -0.39 is 10.0 Å². The Hall–Kier alpha value is -3.17. The second kappa shape index (κ2) is 10.5. The minimum absolute atomic E-state index is 0.179. The average molecular weight is 589 g/mol. The van der Waals surface area contributed by atoms with Gasteiger partial charge in [-0.05, 0) is 111 Å². The number of ether oxygens (including phenoxy) is 1. The summed E-state index contributed by atoms with van der Waals surface area (Å²) in [6.45, 7) is 2.93. The molecule has 3 aromatic rings. The average Bonchev–Trinajstić information content (AvgIpc) is 3.28. The topological polar surface area (TPSA) is 96.8 Å². The van der Waals surface area contributed by atoms with Crippen molar-refractivity contribution in [1.82, 2.24) is 14.1 Å². The third-order valence-corrected chi connectivity index (χ3v) is 12.2. The van der Waals surface area contributed by atoms with Gasteiger partial charge in [0.05, 0.1) is 23.3 Å². The number of H-pyrrole nitrogens is 1. The molecule has 0 atom stereocenters. The zero-order valence-corrected chi connectivity index (χ0v) is 25.3. The summed E-state index contributed by atoms with van der Waals surface area (Å²) in [5.74, 6) is 3.01. The molecule has 222 valence electrons. The molecule has 0 spiro atoms. The lowest BCUT2D eigenvalue weighted by Gasteiger charge is -2.57. The van der Waals surface area contributed by atoms with E-state index in [4.69, 9.17) is 4.74 Å². The second-order valence-electron chi connectivity index (χ2n) is 13.1. The largest absolute Gasteiger partial charge is 0.494 e. The molecule has 0 radical (unpaired) electrons. The molecule has 1 saturated heterocycles. The molecule has 9 heteroatoms.